The SMILES string of the molecule is N=C(NO)c1cccc(NC2(C(=O)Nc3ccc(-c4ccccc4S(N)(=O)=O)cc3)CCOCC2)c1. The Morgan fingerprint density at radius 3 is 2.33 bits per heavy atom. The highest BCUT2D eigenvalue weighted by Crippen LogP contribution is 2.30. The summed E-state index contributed by atoms with van der Waals surface area (Å²) in [6.07, 6.45) is 0.858. The van der Waals surface area contributed by atoms with Gasteiger partial charge in [0.1, 0.15) is 11.4 Å². The average Bonchev–Trinajstić information content (AvgIpc) is 2.89. The second-order valence-corrected chi connectivity index (χ2v) is 9.99. The van der Waals surface area contributed by atoms with Crippen LogP contribution in [-0.2, 0) is 19.6 Å². The molecule has 3 aromatic carbocycles. The fraction of sp³-hybridized carbons (Fsp3) is 0.200. The van der Waals surface area contributed by atoms with E-state index in [-0.39, 0.29) is 16.6 Å². The number of rotatable bonds is 7. The zero-order valence-corrected chi connectivity index (χ0v) is 20.1. The van der Waals surface area contributed by atoms with E-state index in [2.05, 4.69) is 10.6 Å². The Morgan fingerprint density at radius 1 is 0.972 bits per heavy atom. The standard InChI is InChI=1S/C25H27N5O5S/c26-23(30-32)18-4-3-5-20(16-18)29-25(12-14-35-15-13-25)24(31)28-19-10-8-17(9-11-19)21-6-1-2-7-22(21)36(27,33)34/h1-11,16,29,32H,12-15H2,(H2,26,30)(H,28,31)(H2,27,33,34). The Morgan fingerprint density at radius 2 is 1.67 bits per heavy atom. The summed E-state index contributed by atoms with van der Waals surface area (Å²) >= 11 is 0. The van der Waals surface area contributed by atoms with E-state index in [1.54, 1.807) is 66.7 Å². The van der Waals surface area contributed by atoms with Gasteiger partial charge in [-0.3, -0.25) is 20.9 Å². The van der Waals surface area contributed by atoms with Crippen LogP contribution < -0.4 is 21.3 Å². The van der Waals surface area contributed by atoms with Gasteiger partial charge < -0.3 is 15.4 Å². The predicted molar refractivity (Wildman–Crippen MR) is 136 cm³/mol. The van der Waals surface area contributed by atoms with Crippen LogP contribution in [-0.4, -0.2) is 44.1 Å². The molecular formula is C25H27N5O5S. The highest BCUT2D eigenvalue weighted by Gasteiger charge is 2.40. The molecule has 10 nitrogen and oxygen atoms in total. The van der Waals surface area contributed by atoms with Crippen molar-refractivity contribution in [1.29, 1.82) is 5.41 Å². The Labute approximate surface area is 209 Å². The van der Waals surface area contributed by atoms with Gasteiger partial charge >= 0.3 is 0 Å². The van der Waals surface area contributed by atoms with Crippen LogP contribution >= 0.6 is 0 Å². The highest BCUT2D eigenvalue weighted by atomic mass is 32.2. The molecule has 4 rings (SSSR count). The third-order valence-electron chi connectivity index (χ3n) is 6.08. The summed E-state index contributed by atoms with van der Waals surface area (Å²) in [4.78, 5) is 13.5. The van der Waals surface area contributed by atoms with E-state index in [1.165, 1.54) is 6.07 Å². The molecule has 0 unspecified atom stereocenters. The second kappa shape index (κ2) is 10.5. The lowest BCUT2D eigenvalue weighted by molar-refractivity contribution is -0.123. The number of hydroxylamine groups is 1. The van der Waals surface area contributed by atoms with Crippen molar-refractivity contribution in [2.75, 3.05) is 23.8 Å². The third-order valence-corrected chi connectivity index (χ3v) is 7.04. The Balaban J connectivity index is 1.56. The molecule has 1 amide bonds. The van der Waals surface area contributed by atoms with Crippen molar-refractivity contribution in [1.82, 2.24) is 5.48 Å². The van der Waals surface area contributed by atoms with Gasteiger partial charge in [0.25, 0.3) is 0 Å². The molecular weight excluding hydrogens is 482 g/mol. The van der Waals surface area contributed by atoms with Crippen LogP contribution in [0.2, 0.25) is 0 Å². The molecule has 0 atom stereocenters. The van der Waals surface area contributed by atoms with Gasteiger partial charge in [0.2, 0.25) is 15.9 Å². The van der Waals surface area contributed by atoms with Crippen molar-refractivity contribution in [2.24, 2.45) is 5.14 Å². The molecule has 7 N–H and O–H groups in total. The van der Waals surface area contributed by atoms with Gasteiger partial charge in [-0.1, -0.05) is 42.5 Å². The fourth-order valence-electron chi connectivity index (χ4n) is 4.16. The molecule has 1 fully saturated rings. The number of primary sulfonamides is 1. The molecule has 11 heteroatoms. The molecule has 0 saturated carbocycles. The fourth-order valence-corrected chi connectivity index (χ4v) is 4.92. The normalized spacial score (nSPS) is 15.1. The number of hydrogen-bond acceptors (Lipinski definition) is 7. The summed E-state index contributed by atoms with van der Waals surface area (Å²) in [7, 11) is -3.89. The Bertz CT molecular complexity index is 1370. The zero-order valence-electron chi connectivity index (χ0n) is 19.3. The number of amidine groups is 1. The Kier molecular flexibility index (Phi) is 7.36. The predicted octanol–water partition coefficient (Wildman–Crippen LogP) is 2.90. The quantitative estimate of drug-likeness (QED) is 0.162. The maximum Gasteiger partial charge on any atom is 0.250 e. The maximum atomic E-state index is 13.5. The number of carbonyl (C=O) groups is 1. The molecule has 1 saturated heterocycles. The molecule has 0 aliphatic carbocycles. The maximum absolute atomic E-state index is 13.5. The molecule has 3 aromatic rings. The molecule has 188 valence electrons. The van der Waals surface area contributed by atoms with Crippen LogP contribution in [0.5, 0.6) is 0 Å². The monoisotopic (exact) mass is 509 g/mol. The first kappa shape index (κ1) is 25.3. The van der Waals surface area contributed by atoms with E-state index >= 15 is 0 Å². The third kappa shape index (κ3) is 5.55. The lowest BCUT2D eigenvalue weighted by Crippen LogP contribution is -2.53. The lowest BCUT2D eigenvalue weighted by Gasteiger charge is -2.37. The van der Waals surface area contributed by atoms with Gasteiger partial charge in [-0.15, -0.1) is 0 Å². The molecule has 1 heterocycles. The molecule has 0 bridgehead atoms. The van der Waals surface area contributed by atoms with Crippen molar-refractivity contribution in [3.63, 3.8) is 0 Å². The van der Waals surface area contributed by atoms with Gasteiger partial charge in [-0.05, 0) is 35.9 Å². The number of ether oxygens (including phenoxy) is 1. The number of sulfonamides is 1. The van der Waals surface area contributed by atoms with Crippen molar-refractivity contribution >= 4 is 33.1 Å². The van der Waals surface area contributed by atoms with Gasteiger partial charge in [-0.25, -0.2) is 13.6 Å². The molecule has 1 aliphatic rings. The first-order valence-electron chi connectivity index (χ1n) is 11.2. The van der Waals surface area contributed by atoms with Crippen LogP contribution in [0.25, 0.3) is 11.1 Å². The summed E-state index contributed by atoms with van der Waals surface area (Å²) in [6.45, 7) is 0.800. The van der Waals surface area contributed by atoms with Crippen LogP contribution in [0.4, 0.5) is 11.4 Å². The zero-order chi connectivity index (χ0) is 25.8. The number of carbonyl (C=O) groups excluding carboxylic acids is 1. The summed E-state index contributed by atoms with van der Waals surface area (Å²) in [6, 6.07) is 20.2. The first-order valence-corrected chi connectivity index (χ1v) is 12.8. The van der Waals surface area contributed by atoms with Gasteiger partial charge in [0, 0.05) is 48.6 Å². The molecule has 0 aromatic heterocycles. The van der Waals surface area contributed by atoms with Crippen molar-refractivity contribution in [2.45, 2.75) is 23.3 Å². The second-order valence-electron chi connectivity index (χ2n) is 8.46. The van der Waals surface area contributed by atoms with Gasteiger partial charge in [-0.2, -0.15) is 0 Å². The number of hydrogen-bond donors (Lipinski definition) is 6. The minimum absolute atomic E-state index is 0.0267. The smallest absolute Gasteiger partial charge is 0.250 e. The highest BCUT2D eigenvalue weighted by molar-refractivity contribution is 7.89. The molecule has 0 radical (unpaired) electrons. The van der Waals surface area contributed by atoms with Crippen LogP contribution in [0, 0.1) is 5.41 Å². The van der Waals surface area contributed by atoms with E-state index in [0.717, 1.165) is 0 Å². The summed E-state index contributed by atoms with van der Waals surface area (Å²) in [5, 5.41) is 28.4. The summed E-state index contributed by atoms with van der Waals surface area (Å²) in [5.41, 5.74) is 3.62. The minimum atomic E-state index is -3.89. The average molecular weight is 510 g/mol. The number of amides is 1. The largest absolute Gasteiger partial charge is 0.381 e. The summed E-state index contributed by atoms with van der Waals surface area (Å²) < 4.78 is 29.4. The Hall–Kier alpha value is -3.77. The number of nitrogens with two attached hydrogens (primary N) is 1. The van der Waals surface area contributed by atoms with Crippen molar-refractivity contribution in [3.05, 3.63) is 78.4 Å². The van der Waals surface area contributed by atoms with Crippen molar-refractivity contribution < 1.29 is 23.2 Å². The topological polar surface area (TPSA) is 167 Å². The van der Waals surface area contributed by atoms with E-state index in [1.807, 2.05) is 5.48 Å². The lowest BCUT2D eigenvalue weighted by atomic mass is 9.88. The van der Waals surface area contributed by atoms with E-state index < -0.39 is 15.6 Å². The van der Waals surface area contributed by atoms with E-state index in [4.69, 9.17) is 20.5 Å². The molecule has 0 spiro atoms. The number of nitrogens with one attached hydrogen (secondary N) is 4. The minimum Gasteiger partial charge on any atom is -0.381 e. The van der Waals surface area contributed by atoms with Crippen molar-refractivity contribution in [3.8, 4) is 11.1 Å². The summed E-state index contributed by atoms with van der Waals surface area (Å²) in [5.74, 6) is -0.405. The van der Waals surface area contributed by atoms with E-state index in [0.29, 0.717) is 54.1 Å². The van der Waals surface area contributed by atoms with Crippen LogP contribution in [0.15, 0.2) is 77.7 Å². The van der Waals surface area contributed by atoms with Crippen LogP contribution in [0.1, 0.15) is 18.4 Å². The van der Waals surface area contributed by atoms with E-state index in [9.17, 15) is 13.2 Å². The van der Waals surface area contributed by atoms with Crippen LogP contribution in [0.3, 0.4) is 0 Å². The van der Waals surface area contributed by atoms with Gasteiger partial charge in [0.05, 0.1) is 4.90 Å². The van der Waals surface area contributed by atoms with Gasteiger partial charge in [0.15, 0.2) is 0 Å². The first-order chi connectivity index (χ1) is 17.2. The molecule has 1 aliphatic heterocycles. The molecule has 36 heavy (non-hydrogen) atoms. The number of benzene rings is 3. The number of anilines is 2.